The Morgan fingerprint density at radius 1 is 0.958 bits per heavy atom. The van der Waals surface area contributed by atoms with Gasteiger partial charge in [0, 0.05) is 42.5 Å². The number of carbonyl (C=O) groups is 3. The number of esters is 1. The van der Waals surface area contributed by atoms with Gasteiger partial charge in [0.05, 0.1) is 5.56 Å². The van der Waals surface area contributed by atoms with Gasteiger partial charge < -0.3 is 14.9 Å². The van der Waals surface area contributed by atoms with E-state index in [0.717, 1.165) is 5.56 Å². The molecule has 2 N–H and O–H groups in total. The van der Waals surface area contributed by atoms with Crippen LogP contribution in [0.15, 0.2) is 61.2 Å². The number of nitrogens with zero attached hydrogens (tertiary/aromatic N) is 2. The summed E-state index contributed by atoms with van der Waals surface area (Å²) in [5.41, 5.74) is 1.31. The van der Waals surface area contributed by atoms with E-state index in [9.17, 15) is 14.4 Å². The van der Waals surface area contributed by atoms with Crippen molar-refractivity contribution in [2.45, 2.75) is 6.61 Å². The Kier molecular flexibility index (Phi) is 7.88. The number of hydrogen-bond donors (Lipinski definition) is 2. The molecule has 0 unspecified atom stereocenters. The van der Waals surface area contributed by atoms with Crippen molar-refractivity contribution in [1.82, 2.24) is 9.97 Å². The number of aliphatic carboxylic acids is 2. The van der Waals surface area contributed by atoms with Crippen molar-refractivity contribution in [3.05, 3.63) is 72.3 Å². The SMILES string of the molecule is O=C(O)C=CC(=O)O.O=C(OCc1cccnc1)c1cccnc1. The third-order valence-corrected chi connectivity index (χ3v) is 2.36. The lowest BCUT2D eigenvalue weighted by Crippen LogP contribution is -2.05. The molecule has 2 rings (SSSR count). The molecule has 0 spiro atoms. The van der Waals surface area contributed by atoms with Crippen molar-refractivity contribution < 1.29 is 29.3 Å². The summed E-state index contributed by atoms with van der Waals surface area (Å²) in [5.74, 6) is -2.89. The lowest BCUT2D eigenvalue weighted by molar-refractivity contribution is -0.134. The van der Waals surface area contributed by atoms with E-state index in [1.54, 1.807) is 36.8 Å². The molecular weight excluding hydrogens is 316 g/mol. The smallest absolute Gasteiger partial charge is 0.340 e. The fraction of sp³-hybridized carbons (Fsp3) is 0.0625. The van der Waals surface area contributed by atoms with Crippen LogP contribution in [0.5, 0.6) is 0 Å². The molecule has 0 aromatic carbocycles. The number of hydrogen-bond acceptors (Lipinski definition) is 6. The first-order valence-corrected chi connectivity index (χ1v) is 6.59. The topological polar surface area (TPSA) is 127 Å². The van der Waals surface area contributed by atoms with Crippen LogP contribution in [0.3, 0.4) is 0 Å². The third-order valence-electron chi connectivity index (χ3n) is 2.36. The van der Waals surface area contributed by atoms with Gasteiger partial charge in [-0.15, -0.1) is 0 Å². The highest BCUT2D eigenvalue weighted by Crippen LogP contribution is 2.03. The number of rotatable bonds is 5. The number of aromatic nitrogens is 2. The third kappa shape index (κ3) is 8.03. The Hall–Kier alpha value is -3.55. The van der Waals surface area contributed by atoms with Gasteiger partial charge in [-0.05, 0) is 18.2 Å². The highest BCUT2D eigenvalue weighted by atomic mass is 16.5. The summed E-state index contributed by atoms with van der Waals surface area (Å²) in [4.78, 5) is 38.4. The maximum atomic E-state index is 11.5. The van der Waals surface area contributed by atoms with Crippen LogP contribution in [0.4, 0.5) is 0 Å². The second-order valence-corrected chi connectivity index (χ2v) is 4.19. The summed E-state index contributed by atoms with van der Waals surface area (Å²) < 4.78 is 5.10. The average Bonchev–Trinajstić information content (AvgIpc) is 2.60. The Bertz CT molecular complexity index is 685. The molecule has 0 radical (unpaired) electrons. The molecule has 0 saturated carbocycles. The molecule has 0 aliphatic carbocycles. The van der Waals surface area contributed by atoms with E-state index in [0.29, 0.717) is 17.7 Å². The van der Waals surface area contributed by atoms with Crippen molar-refractivity contribution in [3.63, 3.8) is 0 Å². The summed E-state index contributed by atoms with van der Waals surface area (Å²) in [5, 5.41) is 15.6. The molecule has 124 valence electrons. The standard InChI is InChI=1S/C12H10N2O2.C4H4O4/c15-12(11-4-2-6-14-8-11)16-9-10-3-1-5-13-7-10;5-3(6)1-2-4(7)8/h1-8H,9H2;1-2H,(H,5,6)(H,7,8). The first-order chi connectivity index (χ1) is 11.5. The van der Waals surface area contributed by atoms with E-state index < -0.39 is 11.9 Å². The fourth-order valence-corrected chi connectivity index (χ4v) is 1.34. The van der Waals surface area contributed by atoms with Crippen LogP contribution in [0.1, 0.15) is 15.9 Å². The zero-order valence-electron chi connectivity index (χ0n) is 12.4. The summed E-state index contributed by atoms with van der Waals surface area (Å²) in [6, 6.07) is 7.01. The Morgan fingerprint density at radius 3 is 2.00 bits per heavy atom. The number of ether oxygens (including phenoxy) is 1. The number of carbonyl (C=O) groups excluding carboxylic acids is 1. The molecule has 0 fully saturated rings. The van der Waals surface area contributed by atoms with E-state index in [-0.39, 0.29) is 12.6 Å². The zero-order valence-corrected chi connectivity index (χ0v) is 12.4. The van der Waals surface area contributed by atoms with Crippen LogP contribution < -0.4 is 0 Å². The van der Waals surface area contributed by atoms with Crippen molar-refractivity contribution in [2.75, 3.05) is 0 Å². The van der Waals surface area contributed by atoms with Gasteiger partial charge in [0.25, 0.3) is 0 Å². The first-order valence-electron chi connectivity index (χ1n) is 6.59. The van der Waals surface area contributed by atoms with Crippen LogP contribution in [0.2, 0.25) is 0 Å². The lowest BCUT2D eigenvalue weighted by atomic mass is 10.3. The fourth-order valence-electron chi connectivity index (χ4n) is 1.34. The van der Waals surface area contributed by atoms with Crippen LogP contribution in [0.25, 0.3) is 0 Å². The zero-order chi connectivity index (χ0) is 17.8. The van der Waals surface area contributed by atoms with E-state index in [2.05, 4.69) is 9.97 Å². The second kappa shape index (κ2) is 10.2. The highest BCUT2D eigenvalue weighted by molar-refractivity contribution is 5.89. The lowest BCUT2D eigenvalue weighted by Gasteiger charge is -2.03. The van der Waals surface area contributed by atoms with Crippen LogP contribution in [-0.2, 0) is 20.9 Å². The molecule has 2 aromatic rings. The summed E-state index contributed by atoms with van der Waals surface area (Å²) in [6.45, 7) is 0.224. The van der Waals surface area contributed by atoms with E-state index >= 15 is 0 Å². The second-order valence-electron chi connectivity index (χ2n) is 4.19. The van der Waals surface area contributed by atoms with Crippen molar-refractivity contribution >= 4 is 17.9 Å². The quantitative estimate of drug-likeness (QED) is 0.624. The molecule has 8 heteroatoms. The molecule has 8 nitrogen and oxygen atoms in total. The molecule has 2 aromatic heterocycles. The minimum atomic E-state index is -1.26. The van der Waals surface area contributed by atoms with Crippen molar-refractivity contribution in [3.8, 4) is 0 Å². The van der Waals surface area contributed by atoms with Gasteiger partial charge in [-0.1, -0.05) is 6.07 Å². The predicted octanol–water partition coefficient (Wildman–Crippen LogP) is 1.55. The molecule has 0 atom stereocenters. The molecule has 0 aliphatic rings. The van der Waals surface area contributed by atoms with E-state index in [4.69, 9.17) is 14.9 Å². The molecule has 24 heavy (non-hydrogen) atoms. The van der Waals surface area contributed by atoms with Crippen LogP contribution >= 0.6 is 0 Å². The molecule has 2 heterocycles. The Balaban J connectivity index is 0.000000307. The van der Waals surface area contributed by atoms with Gasteiger partial charge in [0.1, 0.15) is 6.61 Å². The molecular formula is C16H14N2O6. The molecule has 0 aliphatic heterocycles. The van der Waals surface area contributed by atoms with Gasteiger partial charge in [-0.25, -0.2) is 14.4 Å². The Labute approximate surface area is 137 Å². The predicted molar refractivity (Wildman–Crippen MR) is 82.0 cm³/mol. The summed E-state index contributed by atoms with van der Waals surface area (Å²) >= 11 is 0. The normalized spacial score (nSPS) is 9.67. The minimum absolute atomic E-state index is 0.224. The Morgan fingerprint density at radius 2 is 1.54 bits per heavy atom. The molecule has 0 bridgehead atoms. The largest absolute Gasteiger partial charge is 0.478 e. The highest BCUT2D eigenvalue weighted by Gasteiger charge is 2.06. The molecule has 0 saturated heterocycles. The van der Waals surface area contributed by atoms with Crippen LogP contribution in [0, 0.1) is 0 Å². The van der Waals surface area contributed by atoms with Crippen molar-refractivity contribution in [2.24, 2.45) is 0 Å². The summed E-state index contributed by atoms with van der Waals surface area (Å²) in [6.07, 6.45) is 7.54. The molecule has 0 amide bonds. The maximum Gasteiger partial charge on any atom is 0.340 e. The van der Waals surface area contributed by atoms with Gasteiger partial charge in [-0.2, -0.15) is 0 Å². The number of carboxylic acids is 2. The van der Waals surface area contributed by atoms with Crippen LogP contribution in [-0.4, -0.2) is 38.1 Å². The van der Waals surface area contributed by atoms with Gasteiger partial charge in [0.15, 0.2) is 0 Å². The van der Waals surface area contributed by atoms with Gasteiger partial charge in [0.2, 0.25) is 0 Å². The monoisotopic (exact) mass is 330 g/mol. The average molecular weight is 330 g/mol. The number of pyridine rings is 2. The van der Waals surface area contributed by atoms with E-state index in [1.807, 2.05) is 6.07 Å². The van der Waals surface area contributed by atoms with Gasteiger partial charge in [-0.3, -0.25) is 9.97 Å². The van der Waals surface area contributed by atoms with E-state index in [1.165, 1.54) is 6.20 Å². The first kappa shape index (κ1) is 18.5. The maximum absolute atomic E-state index is 11.5. The van der Waals surface area contributed by atoms with Gasteiger partial charge >= 0.3 is 17.9 Å². The minimum Gasteiger partial charge on any atom is -0.478 e. The summed E-state index contributed by atoms with van der Waals surface area (Å²) in [7, 11) is 0. The number of carboxylic acid groups (broad SMARTS) is 2. The van der Waals surface area contributed by atoms with Crippen molar-refractivity contribution in [1.29, 1.82) is 0 Å².